The van der Waals surface area contributed by atoms with Gasteiger partial charge in [0.25, 0.3) is 0 Å². The van der Waals surface area contributed by atoms with E-state index in [1.165, 1.54) is 14.2 Å². The highest BCUT2D eigenvalue weighted by molar-refractivity contribution is 5.97. The number of esters is 2. The lowest BCUT2D eigenvalue weighted by atomic mass is 10.00. The van der Waals surface area contributed by atoms with E-state index in [9.17, 15) is 9.59 Å². The molecule has 0 heterocycles. The van der Waals surface area contributed by atoms with E-state index < -0.39 is 11.9 Å². The Kier molecular flexibility index (Phi) is 4.31. The van der Waals surface area contributed by atoms with Crippen LogP contribution in [0.25, 0.3) is 11.1 Å². The molecule has 0 spiro atoms. The van der Waals surface area contributed by atoms with Crippen LogP contribution >= 0.6 is 0 Å². The first-order valence-electron chi connectivity index (χ1n) is 6.44. The van der Waals surface area contributed by atoms with Crippen LogP contribution in [0.4, 0.5) is 11.4 Å². The Morgan fingerprint density at radius 2 is 1.14 bits per heavy atom. The molecule has 0 radical (unpaired) electrons. The first-order chi connectivity index (χ1) is 10.5. The molecule has 2 aromatic rings. The number of nitrogens with two attached hydrogens (primary N) is 2. The van der Waals surface area contributed by atoms with Crippen LogP contribution < -0.4 is 11.5 Å². The van der Waals surface area contributed by atoms with E-state index >= 15 is 0 Å². The van der Waals surface area contributed by atoms with Crippen molar-refractivity contribution in [1.82, 2.24) is 0 Å². The molecular weight excluding hydrogens is 284 g/mol. The van der Waals surface area contributed by atoms with E-state index in [0.717, 1.165) is 11.1 Å². The number of carbonyl (C=O) groups excluding carboxylic acids is 2. The molecule has 0 aliphatic heterocycles. The van der Waals surface area contributed by atoms with Gasteiger partial charge >= 0.3 is 11.9 Å². The smallest absolute Gasteiger partial charge is 0.339 e. The van der Waals surface area contributed by atoms with Gasteiger partial charge in [0.2, 0.25) is 0 Å². The van der Waals surface area contributed by atoms with Crippen LogP contribution in [0.5, 0.6) is 0 Å². The highest BCUT2D eigenvalue weighted by Crippen LogP contribution is 2.27. The normalized spacial score (nSPS) is 10.1. The number of anilines is 2. The average molecular weight is 300 g/mol. The molecule has 0 bridgehead atoms. The second kappa shape index (κ2) is 6.17. The number of hydrogen-bond acceptors (Lipinski definition) is 6. The standard InChI is InChI=1S/C16H16N2O4/c1-21-15(19)11-5-3-9(7-13(11)17)10-4-6-12(14(18)8-10)16(20)22-2/h3-8H,17-18H2,1-2H3. The number of methoxy groups -OCH3 is 2. The minimum atomic E-state index is -0.496. The maximum Gasteiger partial charge on any atom is 0.339 e. The summed E-state index contributed by atoms with van der Waals surface area (Å²) in [4.78, 5) is 23.0. The predicted octanol–water partition coefficient (Wildman–Crippen LogP) is 2.09. The van der Waals surface area contributed by atoms with Gasteiger partial charge < -0.3 is 20.9 Å². The molecule has 4 N–H and O–H groups in total. The van der Waals surface area contributed by atoms with Gasteiger partial charge in [0, 0.05) is 11.4 Å². The van der Waals surface area contributed by atoms with Gasteiger partial charge in [0.05, 0.1) is 25.3 Å². The zero-order valence-corrected chi connectivity index (χ0v) is 12.3. The topological polar surface area (TPSA) is 105 Å². The van der Waals surface area contributed by atoms with Gasteiger partial charge in [0.1, 0.15) is 0 Å². The van der Waals surface area contributed by atoms with E-state index in [2.05, 4.69) is 9.47 Å². The monoisotopic (exact) mass is 300 g/mol. The van der Waals surface area contributed by atoms with Crippen molar-refractivity contribution in [3.8, 4) is 11.1 Å². The lowest BCUT2D eigenvalue weighted by Crippen LogP contribution is -2.06. The van der Waals surface area contributed by atoms with Gasteiger partial charge in [-0.25, -0.2) is 9.59 Å². The van der Waals surface area contributed by atoms with E-state index in [0.29, 0.717) is 22.5 Å². The molecule has 0 saturated heterocycles. The third-order valence-electron chi connectivity index (χ3n) is 3.25. The van der Waals surface area contributed by atoms with Crippen molar-refractivity contribution >= 4 is 23.3 Å². The fourth-order valence-electron chi connectivity index (χ4n) is 2.08. The molecule has 6 nitrogen and oxygen atoms in total. The van der Waals surface area contributed by atoms with Gasteiger partial charge in [-0.1, -0.05) is 12.1 Å². The van der Waals surface area contributed by atoms with E-state index in [1.54, 1.807) is 36.4 Å². The molecule has 0 aliphatic carbocycles. The maximum absolute atomic E-state index is 11.5. The minimum absolute atomic E-state index is 0.297. The van der Waals surface area contributed by atoms with E-state index in [4.69, 9.17) is 11.5 Å². The molecule has 2 aromatic carbocycles. The third kappa shape index (κ3) is 2.85. The zero-order valence-electron chi connectivity index (χ0n) is 12.3. The van der Waals surface area contributed by atoms with Gasteiger partial charge in [-0.3, -0.25) is 0 Å². The highest BCUT2D eigenvalue weighted by Gasteiger charge is 2.13. The molecule has 0 aliphatic rings. The molecule has 22 heavy (non-hydrogen) atoms. The van der Waals surface area contributed by atoms with Gasteiger partial charge in [-0.15, -0.1) is 0 Å². The Morgan fingerprint density at radius 3 is 1.41 bits per heavy atom. The first-order valence-corrected chi connectivity index (χ1v) is 6.44. The average Bonchev–Trinajstić information content (AvgIpc) is 2.53. The Hall–Kier alpha value is -3.02. The molecule has 0 saturated carbocycles. The fraction of sp³-hybridized carbons (Fsp3) is 0.125. The van der Waals surface area contributed by atoms with Crippen LogP contribution in [-0.2, 0) is 9.47 Å². The molecule has 0 atom stereocenters. The SMILES string of the molecule is COC(=O)c1ccc(-c2ccc(C(=O)OC)c(N)c2)cc1N. The zero-order chi connectivity index (χ0) is 16.3. The summed E-state index contributed by atoms with van der Waals surface area (Å²) in [5.41, 5.74) is 14.5. The van der Waals surface area contributed by atoms with Gasteiger partial charge in [-0.2, -0.15) is 0 Å². The minimum Gasteiger partial charge on any atom is -0.465 e. The molecular formula is C16H16N2O4. The predicted molar refractivity (Wildman–Crippen MR) is 83.4 cm³/mol. The Labute approximate surface area is 127 Å². The summed E-state index contributed by atoms with van der Waals surface area (Å²) in [5.74, 6) is -0.991. The van der Waals surface area contributed by atoms with Crippen LogP contribution in [0.1, 0.15) is 20.7 Å². The van der Waals surface area contributed by atoms with E-state index in [1.807, 2.05) is 0 Å². The van der Waals surface area contributed by atoms with Crippen molar-refractivity contribution in [2.24, 2.45) is 0 Å². The van der Waals surface area contributed by atoms with Crippen LogP contribution in [0.15, 0.2) is 36.4 Å². The molecule has 0 aromatic heterocycles. The van der Waals surface area contributed by atoms with Crippen molar-refractivity contribution in [3.05, 3.63) is 47.5 Å². The van der Waals surface area contributed by atoms with Crippen molar-refractivity contribution in [1.29, 1.82) is 0 Å². The van der Waals surface area contributed by atoms with Crippen molar-refractivity contribution in [2.45, 2.75) is 0 Å². The third-order valence-corrected chi connectivity index (χ3v) is 3.25. The maximum atomic E-state index is 11.5. The number of benzene rings is 2. The molecule has 0 fully saturated rings. The molecule has 0 unspecified atom stereocenters. The summed E-state index contributed by atoms with van der Waals surface area (Å²) in [6.07, 6.45) is 0. The molecule has 114 valence electrons. The van der Waals surface area contributed by atoms with Crippen molar-refractivity contribution in [2.75, 3.05) is 25.7 Å². The Balaban J connectivity index is 2.41. The summed E-state index contributed by atoms with van der Waals surface area (Å²) < 4.78 is 9.29. The van der Waals surface area contributed by atoms with Crippen LogP contribution in [-0.4, -0.2) is 26.2 Å². The Morgan fingerprint density at radius 1 is 0.773 bits per heavy atom. The summed E-state index contributed by atoms with van der Waals surface area (Å²) in [7, 11) is 2.59. The molecule has 6 heteroatoms. The number of nitrogen functional groups attached to an aromatic ring is 2. The largest absolute Gasteiger partial charge is 0.465 e. The number of carbonyl (C=O) groups is 2. The highest BCUT2D eigenvalue weighted by atomic mass is 16.5. The summed E-state index contributed by atoms with van der Waals surface area (Å²) >= 11 is 0. The van der Waals surface area contributed by atoms with Gasteiger partial charge in [-0.05, 0) is 35.4 Å². The molecule has 2 rings (SSSR count). The second-order valence-electron chi connectivity index (χ2n) is 4.59. The summed E-state index contributed by atoms with van der Waals surface area (Å²) in [5, 5.41) is 0. The van der Waals surface area contributed by atoms with Crippen LogP contribution in [0.2, 0.25) is 0 Å². The van der Waals surface area contributed by atoms with E-state index in [-0.39, 0.29) is 0 Å². The number of rotatable bonds is 3. The second-order valence-corrected chi connectivity index (χ2v) is 4.59. The fourth-order valence-corrected chi connectivity index (χ4v) is 2.08. The van der Waals surface area contributed by atoms with Crippen molar-refractivity contribution < 1.29 is 19.1 Å². The number of ether oxygens (including phenoxy) is 2. The quantitative estimate of drug-likeness (QED) is 0.664. The summed E-state index contributed by atoms with van der Waals surface area (Å²) in [6.45, 7) is 0. The lowest BCUT2D eigenvalue weighted by molar-refractivity contribution is 0.0593. The van der Waals surface area contributed by atoms with Crippen molar-refractivity contribution in [3.63, 3.8) is 0 Å². The van der Waals surface area contributed by atoms with Gasteiger partial charge in [0.15, 0.2) is 0 Å². The lowest BCUT2D eigenvalue weighted by Gasteiger charge is -2.09. The van der Waals surface area contributed by atoms with Crippen LogP contribution in [0.3, 0.4) is 0 Å². The summed E-state index contributed by atoms with van der Waals surface area (Å²) in [6, 6.07) is 9.93. The number of hydrogen-bond donors (Lipinski definition) is 2. The molecule has 0 amide bonds. The van der Waals surface area contributed by atoms with Crippen LogP contribution in [0, 0.1) is 0 Å². The first kappa shape index (κ1) is 15.4. The Bertz CT molecular complexity index is 677.